The van der Waals surface area contributed by atoms with Crippen LogP contribution in [0.4, 0.5) is 5.69 Å². The molecule has 0 spiro atoms. The van der Waals surface area contributed by atoms with Crippen LogP contribution in [0, 0.1) is 12.8 Å². The second kappa shape index (κ2) is 9.05. The van der Waals surface area contributed by atoms with Crippen LogP contribution >= 0.6 is 10.8 Å². The largest absolute Gasteiger partial charge is 0.506 e. The average molecular weight is 468 g/mol. The summed E-state index contributed by atoms with van der Waals surface area (Å²) in [5.41, 5.74) is 1.89. The minimum atomic E-state index is -3.54. The zero-order valence-corrected chi connectivity index (χ0v) is 19.8. The van der Waals surface area contributed by atoms with Crippen LogP contribution in [0.15, 0.2) is 68.7 Å². The summed E-state index contributed by atoms with van der Waals surface area (Å²) in [5, 5.41) is 14.4. The van der Waals surface area contributed by atoms with Gasteiger partial charge in [-0.15, -0.1) is 4.40 Å². The Morgan fingerprint density at radius 3 is 2.30 bits per heavy atom. The van der Waals surface area contributed by atoms with Crippen LogP contribution in [0.3, 0.4) is 0 Å². The summed E-state index contributed by atoms with van der Waals surface area (Å²) in [5.74, 6) is 0.00167. The quantitative estimate of drug-likeness (QED) is 0.363. The molecule has 33 heavy (non-hydrogen) atoms. The molecule has 2 aromatic carbocycles. The van der Waals surface area contributed by atoms with Crippen LogP contribution in [-0.4, -0.2) is 24.6 Å². The summed E-state index contributed by atoms with van der Waals surface area (Å²) in [6, 6.07) is 16.1. The molecular formula is C25H29N3O4S. The van der Waals surface area contributed by atoms with Gasteiger partial charge in [0, 0.05) is 17.8 Å². The number of aromatic hydroxyl groups is 1. The number of amidine groups is 1. The molecule has 0 amide bonds. The molecular weight excluding hydrogens is 438 g/mol. The Bertz CT molecular complexity index is 1260. The van der Waals surface area contributed by atoms with Crippen molar-refractivity contribution in [3.8, 4) is 16.9 Å². The van der Waals surface area contributed by atoms with Crippen molar-refractivity contribution in [2.75, 3.05) is 5.32 Å². The van der Waals surface area contributed by atoms with Gasteiger partial charge in [-0.25, -0.2) is 0 Å². The third kappa shape index (κ3) is 4.17. The van der Waals surface area contributed by atoms with E-state index in [0.29, 0.717) is 23.5 Å². The summed E-state index contributed by atoms with van der Waals surface area (Å²) in [4.78, 5) is 14.0. The molecule has 1 aliphatic heterocycles. The van der Waals surface area contributed by atoms with Gasteiger partial charge in [-0.3, -0.25) is 13.9 Å². The van der Waals surface area contributed by atoms with Gasteiger partial charge in [0.15, 0.2) is 5.84 Å². The van der Waals surface area contributed by atoms with Gasteiger partial charge in [0.2, 0.25) is 0 Å². The number of hydrogen-bond acceptors (Lipinski definition) is 6. The highest BCUT2D eigenvalue weighted by molar-refractivity contribution is 8.23. The van der Waals surface area contributed by atoms with Crippen LogP contribution in [0.5, 0.6) is 5.75 Å². The third-order valence-electron chi connectivity index (χ3n) is 6.25. The van der Waals surface area contributed by atoms with E-state index >= 15 is 0 Å². The summed E-state index contributed by atoms with van der Waals surface area (Å²) in [7, 11) is -3.54. The smallest absolute Gasteiger partial charge is 0.265 e. The van der Waals surface area contributed by atoms with Crippen molar-refractivity contribution in [3.63, 3.8) is 0 Å². The normalized spacial score (nSPS) is 15.5. The van der Waals surface area contributed by atoms with Crippen molar-refractivity contribution >= 4 is 22.3 Å². The predicted molar refractivity (Wildman–Crippen MR) is 134 cm³/mol. The van der Waals surface area contributed by atoms with Gasteiger partial charge in [-0.2, -0.15) is 0 Å². The van der Waals surface area contributed by atoms with Gasteiger partial charge >= 0.3 is 0 Å². The number of benzene rings is 2. The van der Waals surface area contributed by atoms with Crippen molar-refractivity contribution < 1.29 is 14.2 Å². The first-order valence-electron chi connectivity index (χ1n) is 11.0. The molecule has 3 aromatic rings. The van der Waals surface area contributed by atoms with E-state index in [-0.39, 0.29) is 28.0 Å². The Kier molecular flexibility index (Phi) is 6.34. The summed E-state index contributed by atoms with van der Waals surface area (Å²) in [6.07, 6.45) is 1.82. The highest BCUT2D eigenvalue weighted by Crippen LogP contribution is 2.55. The second-order valence-electron chi connectivity index (χ2n) is 8.23. The van der Waals surface area contributed by atoms with Crippen LogP contribution < -0.4 is 10.9 Å². The minimum Gasteiger partial charge on any atom is -0.506 e. The van der Waals surface area contributed by atoms with Crippen LogP contribution in [-0.2, 0) is 6.54 Å². The SMILES string of the molecule is CCC(CC)Cn1c(C)c(-c2ccccc2)c(O)c(C2=NS(O)(O)c3ccccc3N2)c1=O. The Hall–Kier alpha value is -3.07. The summed E-state index contributed by atoms with van der Waals surface area (Å²) in [6.45, 7) is 6.50. The molecule has 0 saturated heterocycles. The van der Waals surface area contributed by atoms with Gasteiger partial charge in [0.1, 0.15) is 16.2 Å². The van der Waals surface area contributed by atoms with Gasteiger partial charge < -0.3 is 15.0 Å². The Labute approximate surface area is 194 Å². The third-order valence-corrected chi connectivity index (χ3v) is 7.63. The highest BCUT2D eigenvalue weighted by Gasteiger charge is 2.31. The van der Waals surface area contributed by atoms with Crippen molar-refractivity contribution in [2.45, 2.75) is 45.1 Å². The van der Waals surface area contributed by atoms with Crippen molar-refractivity contribution in [2.24, 2.45) is 10.3 Å². The molecule has 0 bridgehead atoms. The highest BCUT2D eigenvalue weighted by atomic mass is 32.3. The Balaban J connectivity index is 1.99. The zero-order chi connectivity index (χ0) is 23.8. The molecule has 4 N–H and O–H groups in total. The van der Waals surface area contributed by atoms with Crippen molar-refractivity contribution in [1.29, 1.82) is 0 Å². The first kappa shape index (κ1) is 23.1. The van der Waals surface area contributed by atoms with E-state index in [0.717, 1.165) is 18.4 Å². The Morgan fingerprint density at radius 1 is 1.00 bits per heavy atom. The number of hydrogen-bond donors (Lipinski definition) is 4. The van der Waals surface area contributed by atoms with Crippen molar-refractivity contribution in [1.82, 2.24) is 4.57 Å². The molecule has 0 fully saturated rings. The van der Waals surface area contributed by atoms with E-state index in [1.807, 2.05) is 37.3 Å². The zero-order valence-electron chi connectivity index (χ0n) is 18.9. The predicted octanol–water partition coefficient (Wildman–Crippen LogP) is 5.86. The minimum absolute atomic E-state index is 0.0494. The van der Waals surface area contributed by atoms with Crippen molar-refractivity contribution in [3.05, 3.63) is 76.2 Å². The lowest BCUT2D eigenvalue weighted by Crippen LogP contribution is -2.34. The number of nitrogens with one attached hydrogen (secondary N) is 1. The maximum absolute atomic E-state index is 13.7. The van der Waals surface area contributed by atoms with E-state index in [1.54, 1.807) is 28.8 Å². The molecule has 1 aromatic heterocycles. The summed E-state index contributed by atoms with van der Waals surface area (Å²) >= 11 is 0. The standard InChI is InChI=1S/C25H29N3O4S/c1-4-17(5-2)15-28-16(3)21(18-11-7-6-8-12-18)23(29)22(25(28)30)24-26-19-13-9-10-14-20(19)33(31,32)27-24/h6-14,17,29,31-32H,4-5,15H2,1-3H3,(H,26,27). The fourth-order valence-electron chi connectivity index (χ4n) is 4.25. The molecule has 0 atom stereocenters. The van der Waals surface area contributed by atoms with E-state index < -0.39 is 16.3 Å². The molecule has 2 heterocycles. The number of anilines is 1. The van der Waals surface area contributed by atoms with Gasteiger partial charge in [-0.1, -0.05) is 79.9 Å². The first-order chi connectivity index (χ1) is 15.8. The van der Waals surface area contributed by atoms with Crippen LogP contribution in [0.2, 0.25) is 0 Å². The van der Waals surface area contributed by atoms with E-state index in [2.05, 4.69) is 23.6 Å². The maximum atomic E-state index is 13.7. The monoisotopic (exact) mass is 467 g/mol. The fraction of sp³-hybridized carbons (Fsp3) is 0.280. The van der Waals surface area contributed by atoms with Gasteiger partial charge in [-0.05, 0) is 30.5 Å². The van der Waals surface area contributed by atoms with Gasteiger partial charge in [0.05, 0.1) is 5.69 Å². The van der Waals surface area contributed by atoms with E-state index in [9.17, 15) is 19.0 Å². The van der Waals surface area contributed by atoms with E-state index in [1.165, 1.54) is 0 Å². The van der Waals surface area contributed by atoms with Gasteiger partial charge in [0.25, 0.3) is 5.56 Å². The molecule has 0 aliphatic carbocycles. The lowest BCUT2D eigenvalue weighted by molar-refractivity contribution is 0.403. The average Bonchev–Trinajstić information content (AvgIpc) is 2.80. The number of pyridine rings is 1. The molecule has 7 nitrogen and oxygen atoms in total. The van der Waals surface area contributed by atoms with E-state index in [4.69, 9.17) is 0 Å². The van der Waals surface area contributed by atoms with Crippen LogP contribution in [0.25, 0.3) is 11.1 Å². The summed E-state index contributed by atoms with van der Waals surface area (Å²) < 4.78 is 27.2. The molecule has 174 valence electrons. The topological polar surface area (TPSA) is 107 Å². The number of nitrogens with zero attached hydrogens (tertiary/aromatic N) is 2. The lowest BCUT2D eigenvalue weighted by atomic mass is 9.98. The molecule has 0 radical (unpaired) electrons. The Morgan fingerprint density at radius 2 is 1.64 bits per heavy atom. The number of rotatable bonds is 6. The number of aromatic nitrogens is 1. The molecule has 4 rings (SSSR count). The maximum Gasteiger partial charge on any atom is 0.265 e. The fourth-order valence-corrected chi connectivity index (χ4v) is 5.42. The molecule has 1 aliphatic rings. The number of fused-ring (bicyclic) bond motifs is 1. The second-order valence-corrected chi connectivity index (χ2v) is 9.89. The van der Waals surface area contributed by atoms with Crippen LogP contribution in [0.1, 0.15) is 37.9 Å². The number of para-hydroxylation sites is 1. The lowest BCUT2D eigenvalue weighted by Gasteiger charge is -2.34. The molecule has 0 saturated carbocycles. The molecule has 0 unspecified atom stereocenters. The molecule has 8 heteroatoms. The first-order valence-corrected chi connectivity index (χ1v) is 12.5.